The number of hydrogen-bond donors (Lipinski definition) is 2. The number of nitrogens with zero attached hydrogens (tertiary/aromatic N) is 3. The van der Waals surface area contributed by atoms with Crippen LogP contribution in [0.3, 0.4) is 0 Å². The van der Waals surface area contributed by atoms with Crippen molar-refractivity contribution < 1.29 is 9.53 Å². The van der Waals surface area contributed by atoms with Gasteiger partial charge in [-0.15, -0.1) is 10.2 Å². The number of tetrazole rings is 1. The van der Waals surface area contributed by atoms with Gasteiger partial charge in [0.2, 0.25) is 5.91 Å². The van der Waals surface area contributed by atoms with Crippen LogP contribution < -0.4 is 5.32 Å². The molecular weight excluding hydrogens is 198 g/mol. The molecule has 0 saturated heterocycles. The maximum atomic E-state index is 11.3. The summed E-state index contributed by atoms with van der Waals surface area (Å²) in [6, 6.07) is -0.271. The lowest BCUT2D eigenvalue weighted by atomic mass is 10.3. The Kier molecular flexibility index (Phi) is 4.17. The number of nitrogens with one attached hydrogen (secondary N) is 2. The average molecular weight is 213 g/mol. The van der Waals surface area contributed by atoms with Crippen molar-refractivity contribution in [2.75, 3.05) is 6.61 Å². The second kappa shape index (κ2) is 5.40. The summed E-state index contributed by atoms with van der Waals surface area (Å²) >= 11 is 0. The minimum atomic E-state index is -0.271. The number of ether oxygens (including phenoxy) is 1. The summed E-state index contributed by atoms with van der Waals surface area (Å²) in [5.74, 6) is 0.258. The molecule has 0 aliphatic rings. The van der Waals surface area contributed by atoms with E-state index in [1.165, 1.54) is 0 Å². The number of amides is 1. The summed E-state index contributed by atoms with van der Waals surface area (Å²) in [4.78, 5) is 11.3. The zero-order valence-corrected chi connectivity index (χ0v) is 9.02. The third-order valence-electron chi connectivity index (χ3n) is 1.67. The van der Waals surface area contributed by atoms with E-state index >= 15 is 0 Å². The lowest BCUT2D eigenvalue weighted by molar-refractivity contribution is -0.127. The fraction of sp³-hybridized carbons (Fsp3) is 0.750. The van der Waals surface area contributed by atoms with Gasteiger partial charge in [0.1, 0.15) is 6.61 Å². The molecule has 0 bridgehead atoms. The first kappa shape index (κ1) is 11.6. The van der Waals surface area contributed by atoms with Crippen molar-refractivity contribution in [1.29, 1.82) is 0 Å². The molecule has 7 nitrogen and oxygen atoms in total. The first-order chi connectivity index (χ1) is 7.09. The minimum absolute atomic E-state index is 0.0382. The molecule has 1 aromatic rings. The molecule has 1 unspecified atom stereocenters. The van der Waals surface area contributed by atoms with Crippen LogP contribution in [0.25, 0.3) is 0 Å². The number of rotatable bonds is 5. The maximum absolute atomic E-state index is 11.3. The Morgan fingerprint density at radius 1 is 1.53 bits per heavy atom. The molecule has 0 aliphatic heterocycles. The molecule has 1 aromatic heterocycles. The third-order valence-corrected chi connectivity index (χ3v) is 1.67. The van der Waals surface area contributed by atoms with Crippen LogP contribution in [0.15, 0.2) is 0 Å². The zero-order valence-electron chi connectivity index (χ0n) is 9.02. The van der Waals surface area contributed by atoms with Crippen molar-refractivity contribution in [3.63, 3.8) is 0 Å². The molecule has 0 aliphatic carbocycles. The van der Waals surface area contributed by atoms with Gasteiger partial charge >= 0.3 is 0 Å². The quantitative estimate of drug-likeness (QED) is 0.706. The van der Waals surface area contributed by atoms with Crippen molar-refractivity contribution in [3.8, 4) is 0 Å². The molecule has 0 fully saturated rings. The van der Waals surface area contributed by atoms with Crippen LogP contribution >= 0.6 is 0 Å². The summed E-state index contributed by atoms with van der Waals surface area (Å²) in [7, 11) is 0. The Balaban J connectivity index is 2.32. The Bertz CT molecular complexity index is 298. The highest BCUT2D eigenvalue weighted by Gasteiger charge is 2.13. The molecule has 7 heteroatoms. The van der Waals surface area contributed by atoms with Crippen LogP contribution in [0, 0.1) is 0 Å². The molecule has 1 rings (SSSR count). The number of carbonyl (C=O) groups excluding carboxylic acids is 1. The van der Waals surface area contributed by atoms with Gasteiger partial charge in [-0.2, -0.15) is 5.21 Å². The third kappa shape index (κ3) is 4.03. The number of carbonyl (C=O) groups is 1. The Hall–Kier alpha value is -1.50. The topological polar surface area (TPSA) is 92.8 Å². The van der Waals surface area contributed by atoms with Gasteiger partial charge in [-0.1, -0.05) is 5.21 Å². The molecule has 15 heavy (non-hydrogen) atoms. The molecule has 0 saturated carbocycles. The minimum Gasteiger partial charge on any atom is -0.369 e. The van der Waals surface area contributed by atoms with Gasteiger partial charge in [-0.25, -0.2) is 0 Å². The number of hydrogen-bond acceptors (Lipinski definition) is 5. The SMILES string of the molecule is CC(C)OCC(=O)NC(C)c1nn[nH]n1. The van der Waals surface area contributed by atoms with Gasteiger partial charge < -0.3 is 10.1 Å². The van der Waals surface area contributed by atoms with Crippen LogP contribution in [-0.2, 0) is 9.53 Å². The van der Waals surface area contributed by atoms with E-state index in [9.17, 15) is 4.79 Å². The van der Waals surface area contributed by atoms with Crippen molar-refractivity contribution >= 4 is 5.91 Å². The van der Waals surface area contributed by atoms with Crippen molar-refractivity contribution in [2.45, 2.75) is 32.9 Å². The molecule has 0 aromatic carbocycles. The molecular formula is C8H15N5O2. The Morgan fingerprint density at radius 2 is 2.27 bits per heavy atom. The van der Waals surface area contributed by atoms with E-state index in [4.69, 9.17) is 4.74 Å². The van der Waals surface area contributed by atoms with Crippen LogP contribution in [0.1, 0.15) is 32.6 Å². The van der Waals surface area contributed by atoms with Crippen LogP contribution in [0.4, 0.5) is 0 Å². The zero-order chi connectivity index (χ0) is 11.3. The lowest BCUT2D eigenvalue weighted by Crippen LogP contribution is -2.31. The average Bonchev–Trinajstić information content (AvgIpc) is 2.67. The summed E-state index contributed by atoms with van der Waals surface area (Å²) in [6.07, 6.45) is 0.0382. The summed E-state index contributed by atoms with van der Waals surface area (Å²) in [5, 5.41) is 15.9. The summed E-state index contributed by atoms with van der Waals surface area (Å²) in [6.45, 7) is 5.56. The van der Waals surface area contributed by atoms with Gasteiger partial charge in [0.05, 0.1) is 12.1 Å². The van der Waals surface area contributed by atoms with E-state index in [2.05, 4.69) is 25.9 Å². The maximum Gasteiger partial charge on any atom is 0.246 e. The first-order valence-electron chi connectivity index (χ1n) is 4.74. The first-order valence-corrected chi connectivity index (χ1v) is 4.74. The lowest BCUT2D eigenvalue weighted by Gasteiger charge is -2.11. The van der Waals surface area contributed by atoms with Gasteiger partial charge in [-0.3, -0.25) is 4.79 Å². The van der Waals surface area contributed by atoms with E-state index in [-0.39, 0.29) is 24.7 Å². The molecule has 0 spiro atoms. The second-order valence-corrected chi connectivity index (χ2v) is 3.42. The van der Waals surface area contributed by atoms with Gasteiger partial charge in [0.25, 0.3) is 0 Å². The normalized spacial score (nSPS) is 12.8. The second-order valence-electron chi connectivity index (χ2n) is 3.42. The van der Waals surface area contributed by atoms with Gasteiger partial charge in [0.15, 0.2) is 5.82 Å². The Morgan fingerprint density at radius 3 is 2.80 bits per heavy atom. The van der Waals surface area contributed by atoms with Crippen LogP contribution in [0.5, 0.6) is 0 Å². The van der Waals surface area contributed by atoms with E-state index < -0.39 is 0 Å². The summed E-state index contributed by atoms with van der Waals surface area (Å²) in [5.41, 5.74) is 0. The molecule has 2 N–H and O–H groups in total. The molecule has 0 radical (unpaired) electrons. The number of H-pyrrole nitrogens is 1. The summed E-state index contributed by atoms with van der Waals surface area (Å²) < 4.78 is 5.15. The highest BCUT2D eigenvalue weighted by Crippen LogP contribution is 2.02. The van der Waals surface area contributed by atoms with Crippen LogP contribution in [-0.4, -0.2) is 39.2 Å². The van der Waals surface area contributed by atoms with E-state index in [1.807, 2.05) is 13.8 Å². The molecule has 1 atom stereocenters. The fourth-order valence-corrected chi connectivity index (χ4v) is 0.943. The predicted molar refractivity (Wildman–Crippen MR) is 51.8 cm³/mol. The molecule has 1 amide bonds. The highest BCUT2D eigenvalue weighted by molar-refractivity contribution is 5.77. The predicted octanol–water partition coefficient (Wildman–Crippen LogP) is -0.198. The van der Waals surface area contributed by atoms with Gasteiger partial charge in [0, 0.05) is 0 Å². The largest absolute Gasteiger partial charge is 0.369 e. The smallest absolute Gasteiger partial charge is 0.246 e. The van der Waals surface area contributed by atoms with Crippen molar-refractivity contribution in [2.24, 2.45) is 0 Å². The fourth-order valence-electron chi connectivity index (χ4n) is 0.943. The Labute approximate surface area is 87.6 Å². The van der Waals surface area contributed by atoms with Crippen molar-refractivity contribution in [3.05, 3.63) is 5.82 Å². The molecule has 1 heterocycles. The van der Waals surface area contributed by atoms with E-state index in [1.54, 1.807) is 6.92 Å². The van der Waals surface area contributed by atoms with E-state index in [0.717, 1.165) is 0 Å². The van der Waals surface area contributed by atoms with Crippen LogP contribution in [0.2, 0.25) is 0 Å². The van der Waals surface area contributed by atoms with Gasteiger partial charge in [-0.05, 0) is 20.8 Å². The highest BCUT2D eigenvalue weighted by atomic mass is 16.5. The monoisotopic (exact) mass is 213 g/mol. The number of aromatic nitrogens is 4. The number of aromatic amines is 1. The van der Waals surface area contributed by atoms with Crippen molar-refractivity contribution in [1.82, 2.24) is 25.9 Å². The van der Waals surface area contributed by atoms with E-state index in [0.29, 0.717) is 5.82 Å². The molecule has 84 valence electrons. The standard InChI is InChI=1S/C8H15N5O2/c1-5(2)15-4-7(14)9-6(3)8-10-12-13-11-8/h5-6H,4H2,1-3H3,(H,9,14)(H,10,11,12,13).